The molecule has 2 aromatic heterocycles. The summed E-state index contributed by atoms with van der Waals surface area (Å²) < 4.78 is 0. The van der Waals surface area contributed by atoms with Crippen molar-refractivity contribution < 1.29 is 4.79 Å². The first-order valence-corrected chi connectivity index (χ1v) is 6.50. The molecule has 102 valence electrons. The van der Waals surface area contributed by atoms with Crippen LogP contribution in [0.2, 0.25) is 0 Å². The molecule has 0 aliphatic heterocycles. The van der Waals surface area contributed by atoms with Gasteiger partial charge in [-0.1, -0.05) is 18.2 Å². The molecule has 0 fully saturated rings. The summed E-state index contributed by atoms with van der Waals surface area (Å²) in [7, 11) is 0. The van der Waals surface area contributed by atoms with Crippen molar-refractivity contribution >= 4 is 5.91 Å². The van der Waals surface area contributed by atoms with E-state index in [0.717, 1.165) is 22.3 Å². The standard InChI is InChI=1S/C17H13N3O/c18-17(21)13-5-3-12(4-6-13)15-8-16(11-20-10-15)14-2-1-7-19-9-14/h1-11H,(H2,18,21). The molecule has 0 spiro atoms. The van der Waals surface area contributed by atoms with Crippen LogP contribution in [0.25, 0.3) is 22.3 Å². The Bertz CT molecular complexity index is 768. The van der Waals surface area contributed by atoms with Crippen molar-refractivity contribution in [2.75, 3.05) is 0 Å². The Morgan fingerprint density at radius 1 is 0.810 bits per heavy atom. The maximum Gasteiger partial charge on any atom is 0.248 e. The van der Waals surface area contributed by atoms with Gasteiger partial charge in [0.15, 0.2) is 0 Å². The van der Waals surface area contributed by atoms with E-state index >= 15 is 0 Å². The van der Waals surface area contributed by atoms with E-state index in [1.54, 1.807) is 36.9 Å². The van der Waals surface area contributed by atoms with Crippen LogP contribution < -0.4 is 5.73 Å². The van der Waals surface area contributed by atoms with Crippen molar-refractivity contribution in [3.05, 3.63) is 72.8 Å². The first-order chi connectivity index (χ1) is 10.2. The Hall–Kier alpha value is -3.01. The van der Waals surface area contributed by atoms with Gasteiger partial charge in [-0.25, -0.2) is 0 Å². The van der Waals surface area contributed by atoms with Gasteiger partial charge in [0, 0.05) is 47.0 Å². The van der Waals surface area contributed by atoms with Gasteiger partial charge in [0.05, 0.1) is 0 Å². The maximum absolute atomic E-state index is 11.1. The third kappa shape index (κ3) is 2.79. The highest BCUT2D eigenvalue weighted by molar-refractivity contribution is 5.93. The Morgan fingerprint density at radius 3 is 2.10 bits per heavy atom. The first kappa shape index (κ1) is 13.0. The van der Waals surface area contributed by atoms with Crippen LogP contribution in [0.3, 0.4) is 0 Å². The maximum atomic E-state index is 11.1. The summed E-state index contributed by atoms with van der Waals surface area (Å²) in [5.74, 6) is -0.427. The zero-order chi connectivity index (χ0) is 14.7. The van der Waals surface area contributed by atoms with Crippen LogP contribution in [0.15, 0.2) is 67.3 Å². The second-order valence-electron chi connectivity index (χ2n) is 4.65. The smallest absolute Gasteiger partial charge is 0.248 e. The first-order valence-electron chi connectivity index (χ1n) is 6.50. The minimum absolute atomic E-state index is 0.427. The Kier molecular flexibility index (Phi) is 3.43. The number of hydrogen-bond donors (Lipinski definition) is 1. The molecular weight excluding hydrogens is 262 g/mol. The Morgan fingerprint density at radius 2 is 1.48 bits per heavy atom. The van der Waals surface area contributed by atoms with Crippen LogP contribution in [0.5, 0.6) is 0 Å². The zero-order valence-electron chi connectivity index (χ0n) is 11.2. The van der Waals surface area contributed by atoms with Gasteiger partial charge in [-0.3, -0.25) is 14.8 Å². The fourth-order valence-electron chi connectivity index (χ4n) is 2.12. The number of amides is 1. The van der Waals surface area contributed by atoms with Crippen LogP contribution in [0, 0.1) is 0 Å². The minimum Gasteiger partial charge on any atom is -0.366 e. The number of carbonyl (C=O) groups excluding carboxylic acids is 1. The number of hydrogen-bond acceptors (Lipinski definition) is 3. The zero-order valence-corrected chi connectivity index (χ0v) is 11.2. The molecule has 0 bridgehead atoms. The molecule has 3 rings (SSSR count). The fourth-order valence-corrected chi connectivity index (χ4v) is 2.12. The Balaban J connectivity index is 1.98. The highest BCUT2D eigenvalue weighted by Gasteiger charge is 2.04. The molecule has 0 radical (unpaired) electrons. The number of nitrogens with zero attached hydrogens (tertiary/aromatic N) is 2. The SMILES string of the molecule is NC(=O)c1ccc(-c2cncc(-c3cccnc3)c2)cc1. The van der Waals surface area contributed by atoms with E-state index in [2.05, 4.69) is 9.97 Å². The van der Waals surface area contributed by atoms with E-state index in [4.69, 9.17) is 5.73 Å². The number of aromatic nitrogens is 2. The summed E-state index contributed by atoms with van der Waals surface area (Å²) >= 11 is 0. The monoisotopic (exact) mass is 275 g/mol. The molecule has 4 nitrogen and oxygen atoms in total. The lowest BCUT2D eigenvalue weighted by molar-refractivity contribution is 0.100. The van der Waals surface area contributed by atoms with Crippen LogP contribution in [0.4, 0.5) is 0 Å². The lowest BCUT2D eigenvalue weighted by Gasteiger charge is -2.05. The topological polar surface area (TPSA) is 68.9 Å². The Labute approximate surface area is 122 Å². The van der Waals surface area contributed by atoms with Crippen LogP contribution in [-0.2, 0) is 0 Å². The van der Waals surface area contributed by atoms with E-state index in [-0.39, 0.29) is 0 Å². The average molecular weight is 275 g/mol. The van der Waals surface area contributed by atoms with Gasteiger partial charge in [-0.05, 0) is 29.8 Å². The quantitative estimate of drug-likeness (QED) is 0.799. The van der Waals surface area contributed by atoms with Gasteiger partial charge < -0.3 is 5.73 Å². The van der Waals surface area contributed by atoms with Gasteiger partial charge in [0.2, 0.25) is 5.91 Å². The van der Waals surface area contributed by atoms with E-state index in [1.165, 1.54) is 0 Å². The molecule has 1 aromatic carbocycles. The molecule has 0 unspecified atom stereocenters. The summed E-state index contributed by atoms with van der Waals surface area (Å²) in [6, 6.07) is 13.1. The molecule has 4 heteroatoms. The van der Waals surface area contributed by atoms with E-state index in [0.29, 0.717) is 5.56 Å². The van der Waals surface area contributed by atoms with Crippen LogP contribution in [-0.4, -0.2) is 15.9 Å². The number of benzene rings is 1. The minimum atomic E-state index is -0.427. The second-order valence-corrected chi connectivity index (χ2v) is 4.65. The third-order valence-corrected chi connectivity index (χ3v) is 3.24. The molecule has 3 aromatic rings. The molecule has 0 saturated carbocycles. The van der Waals surface area contributed by atoms with Crippen molar-refractivity contribution in [3.63, 3.8) is 0 Å². The number of rotatable bonds is 3. The van der Waals surface area contributed by atoms with Crippen molar-refractivity contribution in [3.8, 4) is 22.3 Å². The molecule has 0 aliphatic rings. The van der Waals surface area contributed by atoms with Gasteiger partial charge in [-0.15, -0.1) is 0 Å². The summed E-state index contributed by atoms with van der Waals surface area (Å²) in [5.41, 5.74) is 9.72. The predicted molar refractivity (Wildman–Crippen MR) is 81.4 cm³/mol. The summed E-state index contributed by atoms with van der Waals surface area (Å²) in [4.78, 5) is 19.5. The molecule has 1 amide bonds. The second kappa shape index (κ2) is 5.54. The van der Waals surface area contributed by atoms with Gasteiger partial charge in [0.1, 0.15) is 0 Å². The molecule has 2 N–H and O–H groups in total. The van der Waals surface area contributed by atoms with Crippen molar-refractivity contribution in [1.82, 2.24) is 9.97 Å². The fraction of sp³-hybridized carbons (Fsp3) is 0. The number of carbonyl (C=O) groups is 1. The lowest BCUT2D eigenvalue weighted by Crippen LogP contribution is -2.10. The molecule has 21 heavy (non-hydrogen) atoms. The average Bonchev–Trinajstić information content (AvgIpc) is 2.56. The van der Waals surface area contributed by atoms with Gasteiger partial charge in [0.25, 0.3) is 0 Å². The highest BCUT2D eigenvalue weighted by Crippen LogP contribution is 2.24. The van der Waals surface area contributed by atoms with Crippen LogP contribution >= 0.6 is 0 Å². The molecule has 0 saturated heterocycles. The molecule has 0 aliphatic carbocycles. The number of pyridine rings is 2. The van der Waals surface area contributed by atoms with E-state index in [9.17, 15) is 4.79 Å². The summed E-state index contributed by atoms with van der Waals surface area (Å²) in [5, 5.41) is 0. The van der Waals surface area contributed by atoms with Crippen LogP contribution in [0.1, 0.15) is 10.4 Å². The van der Waals surface area contributed by atoms with Gasteiger partial charge >= 0.3 is 0 Å². The lowest BCUT2D eigenvalue weighted by atomic mass is 10.0. The number of primary amides is 1. The summed E-state index contributed by atoms with van der Waals surface area (Å²) in [6.45, 7) is 0. The van der Waals surface area contributed by atoms with Crippen molar-refractivity contribution in [2.24, 2.45) is 5.73 Å². The van der Waals surface area contributed by atoms with E-state index < -0.39 is 5.91 Å². The highest BCUT2D eigenvalue weighted by atomic mass is 16.1. The largest absolute Gasteiger partial charge is 0.366 e. The summed E-state index contributed by atoms with van der Waals surface area (Å²) in [6.07, 6.45) is 7.14. The van der Waals surface area contributed by atoms with Crippen molar-refractivity contribution in [1.29, 1.82) is 0 Å². The van der Waals surface area contributed by atoms with E-state index in [1.807, 2.05) is 30.3 Å². The number of nitrogens with two attached hydrogens (primary N) is 1. The molecule has 2 heterocycles. The molecular formula is C17H13N3O. The van der Waals surface area contributed by atoms with Gasteiger partial charge in [-0.2, -0.15) is 0 Å². The predicted octanol–water partition coefficient (Wildman–Crippen LogP) is 2.91. The normalized spacial score (nSPS) is 10.3. The van der Waals surface area contributed by atoms with Crippen molar-refractivity contribution in [2.45, 2.75) is 0 Å². The third-order valence-electron chi connectivity index (χ3n) is 3.24. The molecule has 0 atom stereocenters.